The third-order valence-electron chi connectivity index (χ3n) is 4.89. The van der Waals surface area contributed by atoms with E-state index in [9.17, 15) is 13.2 Å². The number of hydrogen-bond acceptors (Lipinski definition) is 5. The first-order chi connectivity index (χ1) is 15.3. The molecule has 2 N–H and O–H groups in total. The fourth-order valence-corrected chi connectivity index (χ4v) is 4.42. The van der Waals surface area contributed by atoms with E-state index in [2.05, 4.69) is 9.71 Å². The molecule has 170 valence electrons. The van der Waals surface area contributed by atoms with E-state index >= 15 is 0 Å². The van der Waals surface area contributed by atoms with E-state index in [0.29, 0.717) is 10.8 Å². The molecule has 10 heteroatoms. The molecular weight excluding hydrogens is 454 g/mol. The number of carboxylic acids is 1. The Balaban J connectivity index is 1.69. The molecule has 1 atom stereocenters. The summed E-state index contributed by atoms with van der Waals surface area (Å²) < 4.78 is 35.2. The largest absolute Gasteiger partial charge is 0.482 e. The van der Waals surface area contributed by atoms with Gasteiger partial charge < -0.3 is 14.4 Å². The minimum atomic E-state index is -3.69. The van der Waals surface area contributed by atoms with Crippen molar-refractivity contribution >= 4 is 27.6 Å². The molecule has 0 saturated heterocycles. The first-order valence-corrected chi connectivity index (χ1v) is 11.8. The van der Waals surface area contributed by atoms with Crippen LogP contribution in [0.25, 0.3) is 0 Å². The average molecular weight is 478 g/mol. The molecule has 1 heterocycles. The van der Waals surface area contributed by atoms with Crippen LogP contribution in [0.15, 0.2) is 72.1 Å². The predicted octanol–water partition coefficient (Wildman–Crippen LogP) is 3.54. The van der Waals surface area contributed by atoms with Crippen molar-refractivity contribution in [3.05, 3.63) is 77.8 Å². The Labute approximate surface area is 191 Å². The molecule has 1 aromatic heterocycles. The molecule has 0 aliphatic heterocycles. The number of rotatable bonds is 12. The second kappa shape index (κ2) is 11.1. The van der Waals surface area contributed by atoms with Gasteiger partial charge in [-0.1, -0.05) is 23.7 Å². The lowest BCUT2D eigenvalue weighted by Crippen LogP contribution is -2.28. The number of halogens is 1. The Morgan fingerprint density at radius 3 is 2.50 bits per heavy atom. The smallest absolute Gasteiger partial charge is 0.341 e. The van der Waals surface area contributed by atoms with Crippen molar-refractivity contribution in [3.63, 3.8) is 0 Å². The van der Waals surface area contributed by atoms with Gasteiger partial charge in [-0.25, -0.2) is 22.9 Å². The van der Waals surface area contributed by atoms with Crippen LogP contribution in [-0.2, 0) is 21.4 Å². The van der Waals surface area contributed by atoms with Gasteiger partial charge in [0.25, 0.3) is 0 Å². The Morgan fingerprint density at radius 2 is 1.88 bits per heavy atom. The third kappa shape index (κ3) is 7.08. The number of ether oxygens (including phenoxy) is 1. The number of benzene rings is 2. The van der Waals surface area contributed by atoms with Gasteiger partial charge in [0.2, 0.25) is 10.0 Å². The van der Waals surface area contributed by atoms with Crippen LogP contribution in [0.3, 0.4) is 0 Å². The van der Waals surface area contributed by atoms with Gasteiger partial charge in [0.15, 0.2) is 6.61 Å². The van der Waals surface area contributed by atoms with Crippen LogP contribution in [0.2, 0.25) is 5.02 Å². The number of nitrogens with one attached hydrogen (secondary N) is 1. The molecule has 8 nitrogen and oxygen atoms in total. The van der Waals surface area contributed by atoms with Crippen LogP contribution in [0.5, 0.6) is 5.75 Å². The summed E-state index contributed by atoms with van der Waals surface area (Å²) >= 11 is 5.86. The lowest BCUT2D eigenvalue weighted by atomic mass is 9.94. The zero-order chi connectivity index (χ0) is 23.0. The maximum Gasteiger partial charge on any atom is 0.341 e. The number of aliphatic carboxylic acids is 1. The van der Waals surface area contributed by atoms with Crippen LogP contribution in [0.4, 0.5) is 0 Å². The van der Waals surface area contributed by atoms with E-state index in [0.717, 1.165) is 24.9 Å². The molecule has 0 aliphatic carbocycles. The summed E-state index contributed by atoms with van der Waals surface area (Å²) in [4.78, 5) is 14.9. The number of hydrogen-bond donors (Lipinski definition) is 2. The zero-order valence-electron chi connectivity index (χ0n) is 17.2. The molecule has 0 spiro atoms. The Kier molecular flexibility index (Phi) is 8.26. The molecule has 0 fully saturated rings. The standard InChI is InChI=1S/C22H24ClN3O5S/c23-19-5-9-21(10-6-19)32(29,30)25-14-18(2-1-12-26-13-11-24-16-26)17-3-7-20(8-4-17)31-15-22(27)28/h3-11,13,16,18,25H,1-2,12,14-15H2,(H,27,28). The Morgan fingerprint density at radius 1 is 1.16 bits per heavy atom. The number of carboxylic acid groups (broad SMARTS) is 1. The number of nitrogens with zero attached hydrogens (tertiary/aromatic N) is 2. The van der Waals surface area contributed by atoms with Crippen LogP contribution < -0.4 is 9.46 Å². The van der Waals surface area contributed by atoms with Crippen molar-refractivity contribution < 1.29 is 23.1 Å². The highest BCUT2D eigenvalue weighted by molar-refractivity contribution is 7.89. The molecule has 0 amide bonds. The molecular formula is C22H24ClN3O5S. The monoisotopic (exact) mass is 477 g/mol. The van der Waals surface area contributed by atoms with E-state index in [4.69, 9.17) is 21.4 Å². The van der Waals surface area contributed by atoms with Gasteiger partial charge in [0.05, 0.1) is 11.2 Å². The summed E-state index contributed by atoms with van der Waals surface area (Å²) in [6.45, 7) is 0.555. The van der Waals surface area contributed by atoms with E-state index in [-0.39, 0.29) is 17.4 Å². The highest BCUT2D eigenvalue weighted by Crippen LogP contribution is 2.25. The minimum Gasteiger partial charge on any atom is -0.482 e. The van der Waals surface area contributed by atoms with Gasteiger partial charge in [-0.15, -0.1) is 0 Å². The highest BCUT2D eigenvalue weighted by atomic mass is 35.5. The molecule has 3 aromatic rings. The Bertz CT molecular complexity index is 1100. The summed E-state index contributed by atoms with van der Waals surface area (Å²) in [5.74, 6) is -0.702. The summed E-state index contributed by atoms with van der Waals surface area (Å²) in [6, 6.07) is 13.0. The minimum absolute atomic E-state index is 0.0888. The number of aromatic nitrogens is 2. The maximum atomic E-state index is 12.7. The van der Waals surface area contributed by atoms with Gasteiger partial charge in [-0.05, 0) is 60.7 Å². The summed E-state index contributed by atoms with van der Waals surface area (Å²) in [6.07, 6.45) is 6.89. The summed E-state index contributed by atoms with van der Waals surface area (Å²) in [5.41, 5.74) is 0.928. The molecule has 1 unspecified atom stereocenters. The van der Waals surface area contributed by atoms with Crippen molar-refractivity contribution in [2.24, 2.45) is 0 Å². The van der Waals surface area contributed by atoms with Gasteiger partial charge in [0.1, 0.15) is 5.75 Å². The van der Waals surface area contributed by atoms with Crippen LogP contribution >= 0.6 is 11.6 Å². The topological polar surface area (TPSA) is 111 Å². The number of imidazole rings is 1. The second-order valence-electron chi connectivity index (χ2n) is 7.20. The van der Waals surface area contributed by atoms with E-state index in [1.54, 1.807) is 24.7 Å². The molecule has 2 aromatic carbocycles. The van der Waals surface area contributed by atoms with Crippen LogP contribution in [-0.4, -0.2) is 42.2 Å². The van der Waals surface area contributed by atoms with Gasteiger partial charge in [0, 0.05) is 30.5 Å². The third-order valence-corrected chi connectivity index (χ3v) is 6.58. The fourth-order valence-electron chi connectivity index (χ4n) is 3.21. The highest BCUT2D eigenvalue weighted by Gasteiger charge is 2.18. The van der Waals surface area contributed by atoms with Gasteiger partial charge >= 0.3 is 5.97 Å². The second-order valence-corrected chi connectivity index (χ2v) is 9.40. The molecule has 0 aliphatic rings. The lowest BCUT2D eigenvalue weighted by molar-refractivity contribution is -0.139. The fraction of sp³-hybridized carbons (Fsp3) is 0.273. The number of sulfonamides is 1. The van der Waals surface area contributed by atoms with Crippen LogP contribution in [0.1, 0.15) is 24.3 Å². The van der Waals surface area contributed by atoms with E-state index < -0.39 is 22.6 Å². The summed E-state index contributed by atoms with van der Waals surface area (Å²) in [5, 5.41) is 9.21. The average Bonchev–Trinajstić information content (AvgIpc) is 3.29. The number of aryl methyl sites for hydroxylation is 1. The van der Waals surface area contributed by atoms with Gasteiger partial charge in [-0.3, -0.25) is 0 Å². The lowest BCUT2D eigenvalue weighted by Gasteiger charge is -2.19. The quantitative estimate of drug-likeness (QED) is 0.413. The van der Waals surface area contributed by atoms with Crippen LogP contribution in [0, 0.1) is 0 Å². The SMILES string of the molecule is O=C(O)COc1ccc(C(CCCn2ccnc2)CNS(=O)(=O)c2ccc(Cl)cc2)cc1. The van der Waals surface area contributed by atoms with E-state index in [1.807, 2.05) is 22.9 Å². The van der Waals surface area contributed by atoms with Crippen molar-refractivity contribution in [2.75, 3.05) is 13.2 Å². The van der Waals surface area contributed by atoms with E-state index in [1.165, 1.54) is 24.3 Å². The van der Waals surface area contributed by atoms with Crippen molar-refractivity contribution in [1.29, 1.82) is 0 Å². The molecule has 0 bridgehead atoms. The maximum absolute atomic E-state index is 12.7. The zero-order valence-corrected chi connectivity index (χ0v) is 18.8. The van der Waals surface area contributed by atoms with Crippen molar-refractivity contribution in [2.45, 2.75) is 30.2 Å². The van der Waals surface area contributed by atoms with Crippen molar-refractivity contribution in [1.82, 2.24) is 14.3 Å². The first-order valence-electron chi connectivity index (χ1n) is 9.99. The molecule has 0 radical (unpaired) electrons. The molecule has 3 rings (SSSR count). The van der Waals surface area contributed by atoms with Gasteiger partial charge in [-0.2, -0.15) is 0 Å². The molecule has 32 heavy (non-hydrogen) atoms. The Hall–Kier alpha value is -2.88. The molecule has 0 saturated carbocycles. The van der Waals surface area contributed by atoms with Crippen molar-refractivity contribution in [3.8, 4) is 5.75 Å². The normalized spacial score (nSPS) is 12.4. The predicted molar refractivity (Wildman–Crippen MR) is 120 cm³/mol. The summed E-state index contributed by atoms with van der Waals surface area (Å²) in [7, 11) is -3.69. The number of carbonyl (C=O) groups is 1. The first kappa shape index (κ1) is 23.8.